The van der Waals surface area contributed by atoms with Crippen LogP contribution in [0, 0.1) is 0 Å². The maximum absolute atomic E-state index is 5.80. The van der Waals surface area contributed by atoms with Crippen LogP contribution in [0.4, 0.5) is 0 Å². The molecule has 0 aromatic rings. The Hall–Kier alpha value is -0.340. The van der Waals surface area contributed by atoms with Gasteiger partial charge in [-0.3, -0.25) is 0 Å². The Morgan fingerprint density at radius 1 is 0.586 bits per heavy atom. The second-order valence-corrected chi connectivity index (χ2v) is 8.77. The minimum absolute atomic E-state index is 0.252. The Kier molecular flexibility index (Phi) is 25.4. The van der Waals surface area contributed by atoms with E-state index >= 15 is 0 Å². The minimum atomic E-state index is 0.252. The molecule has 0 aliphatic heterocycles. The van der Waals surface area contributed by atoms with Crippen molar-refractivity contribution in [3.05, 3.63) is 12.7 Å². The summed E-state index contributed by atoms with van der Waals surface area (Å²) in [7, 11) is 1.77. The molecule has 0 fully saturated rings. The van der Waals surface area contributed by atoms with Crippen molar-refractivity contribution in [3.63, 3.8) is 0 Å². The Morgan fingerprint density at radius 3 is 1.34 bits per heavy atom. The van der Waals surface area contributed by atoms with Gasteiger partial charge < -0.3 is 9.47 Å². The van der Waals surface area contributed by atoms with Gasteiger partial charge >= 0.3 is 0 Å². The molecule has 174 valence electrons. The van der Waals surface area contributed by atoms with Gasteiger partial charge in [0, 0.05) is 20.3 Å². The molecule has 1 atom stereocenters. The minimum Gasteiger partial charge on any atom is -0.381 e. The van der Waals surface area contributed by atoms with Crippen LogP contribution in [-0.2, 0) is 9.47 Å². The molecule has 0 aliphatic carbocycles. The summed E-state index contributed by atoms with van der Waals surface area (Å²) in [6, 6.07) is 0. The zero-order valence-electron chi connectivity index (χ0n) is 20.2. The van der Waals surface area contributed by atoms with Crippen molar-refractivity contribution in [2.75, 3.05) is 20.3 Å². The van der Waals surface area contributed by atoms with E-state index in [-0.39, 0.29) is 6.10 Å². The third-order valence-corrected chi connectivity index (χ3v) is 5.99. The third kappa shape index (κ3) is 23.8. The van der Waals surface area contributed by atoms with Gasteiger partial charge in [0.15, 0.2) is 0 Å². The molecule has 0 aromatic carbocycles. The van der Waals surface area contributed by atoms with E-state index < -0.39 is 0 Å². The predicted molar refractivity (Wildman–Crippen MR) is 130 cm³/mol. The Bertz CT molecular complexity index is 303. The highest BCUT2D eigenvalue weighted by Gasteiger charge is 2.00. The molecule has 0 amide bonds. The lowest BCUT2D eigenvalue weighted by Gasteiger charge is -2.09. The van der Waals surface area contributed by atoms with Gasteiger partial charge in [-0.05, 0) is 19.3 Å². The molecule has 1 unspecified atom stereocenters. The number of methoxy groups -OCH3 is 1. The van der Waals surface area contributed by atoms with Gasteiger partial charge in [-0.2, -0.15) is 0 Å². The normalized spacial score (nSPS) is 12.3. The number of hydrogen-bond acceptors (Lipinski definition) is 2. The monoisotopic (exact) mass is 410 g/mol. The fourth-order valence-corrected chi connectivity index (χ4v) is 3.91. The zero-order chi connectivity index (χ0) is 21.3. The van der Waals surface area contributed by atoms with Crippen molar-refractivity contribution in [2.24, 2.45) is 0 Å². The molecule has 2 nitrogen and oxygen atoms in total. The van der Waals surface area contributed by atoms with Crippen LogP contribution in [0.1, 0.15) is 135 Å². The molecular weight excluding hydrogens is 356 g/mol. The largest absolute Gasteiger partial charge is 0.381 e. The first-order chi connectivity index (χ1) is 14.3. The highest BCUT2D eigenvalue weighted by Crippen LogP contribution is 2.13. The van der Waals surface area contributed by atoms with E-state index in [1.807, 2.05) is 6.08 Å². The third-order valence-electron chi connectivity index (χ3n) is 5.99. The van der Waals surface area contributed by atoms with E-state index in [0.717, 1.165) is 19.6 Å². The first-order valence-corrected chi connectivity index (χ1v) is 13.1. The van der Waals surface area contributed by atoms with E-state index in [2.05, 4.69) is 13.5 Å². The zero-order valence-corrected chi connectivity index (χ0v) is 20.2. The van der Waals surface area contributed by atoms with Crippen LogP contribution in [0.25, 0.3) is 0 Å². The van der Waals surface area contributed by atoms with Crippen molar-refractivity contribution < 1.29 is 9.47 Å². The maximum Gasteiger partial charge on any atom is 0.0749 e. The second kappa shape index (κ2) is 25.7. The lowest BCUT2D eigenvalue weighted by Crippen LogP contribution is -2.05. The highest BCUT2D eigenvalue weighted by atomic mass is 16.5. The SMILES string of the molecule is C=CC(CCCCCCCCCCCOCCCCCCCCCCCC)OC. The standard InChI is InChI=1S/C27H54O2/c1-4-6-7-8-9-10-13-16-19-22-25-29-26-23-20-17-14-11-12-15-18-21-24-27(5-2)28-3/h5,27H,2,4,6-26H2,1,3H3. The van der Waals surface area contributed by atoms with Gasteiger partial charge in [0.2, 0.25) is 0 Å². The van der Waals surface area contributed by atoms with Crippen molar-refractivity contribution in [3.8, 4) is 0 Å². The van der Waals surface area contributed by atoms with Crippen LogP contribution in [0.2, 0.25) is 0 Å². The molecule has 0 radical (unpaired) electrons. The topological polar surface area (TPSA) is 18.5 Å². The van der Waals surface area contributed by atoms with E-state index in [4.69, 9.17) is 9.47 Å². The number of hydrogen-bond donors (Lipinski definition) is 0. The summed E-state index contributed by atoms with van der Waals surface area (Å²) in [5, 5.41) is 0. The fourth-order valence-electron chi connectivity index (χ4n) is 3.91. The first kappa shape index (κ1) is 28.7. The van der Waals surface area contributed by atoms with Crippen molar-refractivity contribution in [1.29, 1.82) is 0 Å². The van der Waals surface area contributed by atoms with E-state index in [1.165, 1.54) is 122 Å². The molecule has 0 aromatic heterocycles. The molecule has 0 heterocycles. The molecule has 0 spiro atoms. The molecule has 0 aliphatic rings. The Morgan fingerprint density at radius 2 is 0.966 bits per heavy atom. The van der Waals surface area contributed by atoms with Gasteiger partial charge in [-0.15, -0.1) is 6.58 Å². The van der Waals surface area contributed by atoms with Gasteiger partial charge in [0.25, 0.3) is 0 Å². The quantitative estimate of drug-likeness (QED) is 0.110. The molecule has 0 N–H and O–H groups in total. The lowest BCUT2D eigenvalue weighted by molar-refractivity contribution is 0.125. The van der Waals surface area contributed by atoms with E-state index in [1.54, 1.807) is 7.11 Å². The summed E-state index contributed by atoms with van der Waals surface area (Å²) in [4.78, 5) is 0. The number of ether oxygens (including phenoxy) is 2. The van der Waals surface area contributed by atoms with E-state index in [9.17, 15) is 0 Å². The molecule has 2 heteroatoms. The summed E-state index contributed by atoms with van der Waals surface area (Å²) in [5.74, 6) is 0. The molecule has 0 saturated heterocycles. The summed E-state index contributed by atoms with van der Waals surface area (Å²) < 4.78 is 11.1. The number of unbranched alkanes of at least 4 members (excludes halogenated alkanes) is 17. The van der Waals surface area contributed by atoms with Gasteiger partial charge in [0.05, 0.1) is 6.10 Å². The molecule has 0 rings (SSSR count). The van der Waals surface area contributed by atoms with Crippen molar-refractivity contribution in [2.45, 2.75) is 141 Å². The predicted octanol–water partition coefficient (Wildman–Crippen LogP) is 9.03. The van der Waals surface area contributed by atoms with Gasteiger partial charge in [0.1, 0.15) is 0 Å². The molecule has 29 heavy (non-hydrogen) atoms. The van der Waals surface area contributed by atoms with E-state index in [0.29, 0.717) is 0 Å². The van der Waals surface area contributed by atoms with Crippen molar-refractivity contribution >= 4 is 0 Å². The smallest absolute Gasteiger partial charge is 0.0749 e. The Balaban J connectivity index is 3.04. The average molecular weight is 411 g/mol. The van der Waals surface area contributed by atoms with Crippen LogP contribution >= 0.6 is 0 Å². The molecular formula is C27H54O2. The van der Waals surface area contributed by atoms with Crippen LogP contribution in [0.5, 0.6) is 0 Å². The highest BCUT2D eigenvalue weighted by molar-refractivity contribution is 4.79. The van der Waals surface area contributed by atoms with Gasteiger partial charge in [-0.25, -0.2) is 0 Å². The first-order valence-electron chi connectivity index (χ1n) is 13.1. The molecule has 0 bridgehead atoms. The van der Waals surface area contributed by atoms with Crippen LogP contribution in [0.15, 0.2) is 12.7 Å². The molecule has 0 saturated carbocycles. The summed E-state index contributed by atoms with van der Waals surface area (Å²) >= 11 is 0. The lowest BCUT2D eigenvalue weighted by atomic mass is 10.1. The van der Waals surface area contributed by atoms with Crippen LogP contribution in [-0.4, -0.2) is 26.4 Å². The summed E-state index contributed by atoms with van der Waals surface area (Å²) in [6.45, 7) is 8.05. The van der Waals surface area contributed by atoms with Crippen molar-refractivity contribution in [1.82, 2.24) is 0 Å². The average Bonchev–Trinajstić information content (AvgIpc) is 2.74. The summed E-state index contributed by atoms with van der Waals surface area (Å²) in [5.41, 5.74) is 0. The van der Waals surface area contributed by atoms with Crippen LogP contribution < -0.4 is 0 Å². The second-order valence-electron chi connectivity index (χ2n) is 8.77. The van der Waals surface area contributed by atoms with Crippen LogP contribution in [0.3, 0.4) is 0 Å². The fraction of sp³-hybridized carbons (Fsp3) is 0.926. The summed E-state index contributed by atoms with van der Waals surface area (Å²) in [6.07, 6.45) is 29.4. The maximum atomic E-state index is 5.80. The van der Waals surface area contributed by atoms with Gasteiger partial charge in [-0.1, -0.05) is 122 Å². The Labute approximate surface area is 184 Å². The number of rotatable bonds is 25.